The van der Waals surface area contributed by atoms with Gasteiger partial charge in [0.05, 0.1) is 23.9 Å². The summed E-state index contributed by atoms with van der Waals surface area (Å²) in [7, 11) is 0. The van der Waals surface area contributed by atoms with Crippen LogP contribution in [0.3, 0.4) is 0 Å². The van der Waals surface area contributed by atoms with Crippen molar-refractivity contribution >= 4 is 0 Å². The average Bonchev–Trinajstić information content (AvgIpc) is 2.65. The van der Waals surface area contributed by atoms with Gasteiger partial charge in [0, 0.05) is 11.8 Å². The van der Waals surface area contributed by atoms with Gasteiger partial charge in [0.2, 0.25) is 0 Å². The highest BCUT2D eigenvalue weighted by Crippen LogP contribution is 2.46. The maximum absolute atomic E-state index is 10.9. The fourth-order valence-electron chi connectivity index (χ4n) is 4.04. The van der Waals surface area contributed by atoms with Crippen LogP contribution in [0.5, 0.6) is 5.75 Å². The molecule has 0 aliphatic carbocycles. The Morgan fingerprint density at radius 3 is 2.57 bits per heavy atom. The van der Waals surface area contributed by atoms with E-state index < -0.39 is 6.10 Å². The third-order valence-electron chi connectivity index (χ3n) is 4.95. The van der Waals surface area contributed by atoms with Crippen molar-refractivity contribution in [2.45, 2.75) is 57.8 Å². The van der Waals surface area contributed by atoms with Crippen LogP contribution in [0.4, 0.5) is 0 Å². The number of rotatable bonds is 2. The summed E-state index contributed by atoms with van der Waals surface area (Å²) in [6.07, 6.45) is 1.37. The fourth-order valence-corrected chi connectivity index (χ4v) is 4.04. The Labute approximate surface area is 127 Å². The molecule has 116 valence electrons. The van der Waals surface area contributed by atoms with E-state index in [1.165, 1.54) is 5.56 Å². The molecule has 3 rings (SSSR count). The number of para-hydroxylation sites is 1. The van der Waals surface area contributed by atoms with Crippen LogP contribution in [-0.4, -0.2) is 29.0 Å². The van der Waals surface area contributed by atoms with Crippen molar-refractivity contribution in [1.82, 2.24) is 0 Å². The second-order valence-electron chi connectivity index (χ2n) is 7.65. The van der Waals surface area contributed by atoms with E-state index in [-0.39, 0.29) is 23.0 Å². The first-order valence-corrected chi connectivity index (χ1v) is 7.87. The normalized spacial score (nSPS) is 31.3. The second kappa shape index (κ2) is 4.99. The molecule has 2 heterocycles. The molecule has 3 unspecified atom stereocenters. The molecule has 0 spiro atoms. The number of aliphatic hydroxyl groups is 1. The summed E-state index contributed by atoms with van der Waals surface area (Å²) in [6, 6.07) is 8.12. The van der Waals surface area contributed by atoms with Gasteiger partial charge in [-0.25, -0.2) is 0 Å². The van der Waals surface area contributed by atoms with Gasteiger partial charge in [-0.2, -0.15) is 0 Å². The summed E-state index contributed by atoms with van der Waals surface area (Å²) in [6.45, 7) is 8.98. The molecule has 1 aromatic rings. The van der Waals surface area contributed by atoms with Gasteiger partial charge >= 0.3 is 0 Å². The summed E-state index contributed by atoms with van der Waals surface area (Å²) < 4.78 is 12.0. The third kappa shape index (κ3) is 2.82. The molecular weight excluding hydrogens is 264 g/mol. The van der Waals surface area contributed by atoms with Gasteiger partial charge < -0.3 is 14.6 Å². The Bertz CT molecular complexity index is 521. The Morgan fingerprint density at radius 2 is 1.90 bits per heavy atom. The molecule has 3 atom stereocenters. The van der Waals surface area contributed by atoms with Crippen LogP contribution < -0.4 is 4.74 Å². The highest BCUT2D eigenvalue weighted by atomic mass is 16.5. The lowest BCUT2D eigenvalue weighted by molar-refractivity contribution is -0.0963. The number of benzene rings is 1. The Kier molecular flexibility index (Phi) is 3.53. The summed E-state index contributed by atoms with van der Waals surface area (Å²) in [4.78, 5) is 0. The molecule has 0 radical (unpaired) electrons. The van der Waals surface area contributed by atoms with Gasteiger partial charge in [-0.05, 0) is 52.2 Å². The van der Waals surface area contributed by atoms with Gasteiger partial charge in [-0.1, -0.05) is 18.2 Å². The van der Waals surface area contributed by atoms with E-state index in [1.807, 2.05) is 18.2 Å². The SMILES string of the molecule is CC1(C)CC(C(O)C2COc3ccccc3C2)C(C)(C)O1. The van der Waals surface area contributed by atoms with E-state index in [9.17, 15) is 5.11 Å². The van der Waals surface area contributed by atoms with Crippen LogP contribution >= 0.6 is 0 Å². The Morgan fingerprint density at radius 1 is 1.19 bits per heavy atom. The quantitative estimate of drug-likeness (QED) is 0.909. The molecule has 21 heavy (non-hydrogen) atoms. The van der Waals surface area contributed by atoms with E-state index in [4.69, 9.17) is 9.47 Å². The van der Waals surface area contributed by atoms with Crippen molar-refractivity contribution in [3.05, 3.63) is 29.8 Å². The molecule has 2 aliphatic heterocycles. The molecule has 2 aliphatic rings. The van der Waals surface area contributed by atoms with Gasteiger partial charge in [-0.3, -0.25) is 0 Å². The van der Waals surface area contributed by atoms with Crippen LogP contribution in [0.2, 0.25) is 0 Å². The maximum atomic E-state index is 10.9. The van der Waals surface area contributed by atoms with E-state index in [2.05, 4.69) is 33.8 Å². The van der Waals surface area contributed by atoms with Gasteiger partial charge in [0.25, 0.3) is 0 Å². The van der Waals surface area contributed by atoms with Crippen LogP contribution in [0.1, 0.15) is 39.7 Å². The molecule has 0 amide bonds. The van der Waals surface area contributed by atoms with Crippen molar-refractivity contribution in [2.24, 2.45) is 11.8 Å². The summed E-state index contributed by atoms with van der Waals surface area (Å²) in [5.74, 6) is 1.25. The average molecular weight is 290 g/mol. The lowest BCUT2D eigenvalue weighted by Gasteiger charge is -2.36. The monoisotopic (exact) mass is 290 g/mol. The highest BCUT2D eigenvalue weighted by molar-refractivity contribution is 5.35. The van der Waals surface area contributed by atoms with E-state index in [0.29, 0.717) is 6.61 Å². The maximum Gasteiger partial charge on any atom is 0.122 e. The first-order chi connectivity index (χ1) is 9.78. The molecule has 0 bridgehead atoms. The smallest absolute Gasteiger partial charge is 0.122 e. The fraction of sp³-hybridized carbons (Fsp3) is 0.667. The standard InChI is InChI=1S/C18H26O3/c1-17(2)10-14(18(3,4)21-17)16(19)13-9-12-7-5-6-8-15(12)20-11-13/h5-8,13-14,16,19H,9-11H2,1-4H3. The van der Waals surface area contributed by atoms with Gasteiger partial charge in [-0.15, -0.1) is 0 Å². The van der Waals surface area contributed by atoms with Gasteiger partial charge in [0.15, 0.2) is 0 Å². The van der Waals surface area contributed by atoms with Crippen molar-refractivity contribution in [2.75, 3.05) is 6.61 Å². The van der Waals surface area contributed by atoms with Crippen LogP contribution in [0, 0.1) is 11.8 Å². The Hall–Kier alpha value is -1.06. The van der Waals surface area contributed by atoms with Crippen LogP contribution in [0.25, 0.3) is 0 Å². The van der Waals surface area contributed by atoms with Gasteiger partial charge in [0.1, 0.15) is 5.75 Å². The van der Waals surface area contributed by atoms with E-state index >= 15 is 0 Å². The summed E-state index contributed by atoms with van der Waals surface area (Å²) in [5, 5.41) is 10.9. The Balaban J connectivity index is 1.76. The van der Waals surface area contributed by atoms with Crippen LogP contribution in [0.15, 0.2) is 24.3 Å². The van der Waals surface area contributed by atoms with Crippen molar-refractivity contribution in [1.29, 1.82) is 0 Å². The minimum atomic E-state index is -0.393. The molecule has 1 saturated heterocycles. The predicted molar refractivity (Wildman–Crippen MR) is 82.5 cm³/mol. The predicted octanol–water partition coefficient (Wildman–Crippen LogP) is 3.19. The topological polar surface area (TPSA) is 38.7 Å². The second-order valence-corrected chi connectivity index (χ2v) is 7.65. The number of hydrogen-bond donors (Lipinski definition) is 1. The minimum Gasteiger partial charge on any atom is -0.493 e. The molecule has 3 nitrogen and oxygen atoms in total. The number of ether oxygens (including phenoxy) is 2. The highest BCUT2D eigenvalue weighted by Gasteiger charge is 2.50. The lowest BCUT2D eigenvalue weighted by Crippen LogP contribution is -2.43. The molecule has 0 saturated carbocycles. The zero-order valence-corrected chi connectivity index (χ0v) is 13.4. The first kappa shape index (κ1) is 14.9. The molecule has 3 heteroatoms. The zero-order valence-electron chi connectivity index (χ0n) is 13.4. The number of fused-ring (bicyclic) bond motifs is 1. The molecular formula is C18H26O3. The summed E-state index contributed by atoms with van der Waals surface area (Å²) >= 11 is 0. The van der Waals surface area contributed by atoms with Crippen molar-refractivity contribution < 1.29 is 14.6 Å². The van der Waals surface area contributed by atoms with Crippen molar-refractivity contribution in [3.63, 3.8) is 0 Å². The van der Waals surface area contributed by atoms with Crippen LogP contribution in [-0.2, 0) is 11.2 Å². The lowest BCUT2D eigenvalue weighted by atomic mass is 9.76. The van der Waals surface area contributed by atoms with E-state index in [1.54, 1.807) is 0 Å². The zero-order chi connectivity index (χ0) is 15.3. The molecule has 1 aromatic carbocycles. The minimum absolute atomic E-state index is 0.140. The third-order valence-corrected chi connectivity index (χ3v) is 4.95. The largest absolute Gasteiger partial charge is 0.493 e. The van der Waals surface area contributed by atoms with Crippen molar-refractivity contribution in [3.8, 4) is 5.75 Å². The molecule has 1 fully saturated rings. The van der Waals surface area contributed by atoms with E-state index in [0.717, 1.165) is 18.6 Å². The number of hydrogen-bond acceptors (Lipinski definition) is 3. The molecule has 0 aromatic heterocycles. The number of aliphatic hydroxyl groups excluding tert-OH is 1. The molecule has 1 N–H and O–H groups in total. The summed E-state index contributed by atoms with van der Waals surface area (Å²) in [5.41, 5.74) is 0.742. The first-order valence-electron chi connectivity index (χ1n) is 7.87.